The van der Waals surface area contributed by atoms with E-state index in [-0.39, 0.29) is 17.3 Å². The minimum Gasteiger partial charge on any atom is -0.507 e. The number of carboxylic acids is 1. The zero-order valence-corrected chi connectivity index (χ0v) is 14.3. The first-order valence-corrected chi connectivity index (χ1v) is 8.41. The van der Waals surface area contributed by atoms with Crippen molar-refractivity contribution in [2.24, 2.45) is 0 Å². The van der Waals surface area contributed by atoms with Crippen LogP contribution in [0.4, 0.5) is 18.9 Å². The zero-order valence-electron chi connectivity index (χ0n) is 14.3. The molecule has 0 spiro atoms. The smallest absolute Gasteiger partial charge is 0.431 e. The maximum absolute atomic E-state index is 13.6. The predicted molar refractivity (Wildman–Crippen MR) is 95.5 cm³/mol. The van der Waals surface area contributed by atoms with Crippen LogP contribution in [0.25, 0.3) is 26.9 Å². The lowest BCUT2D eigenvalue weighted by atomic mass is 9.99. The van der Waals surface area contributed by atoms with E-state index in [2.05, 4.69) is 4.85 Å². The number of aromatic carboxylic acids is 1. The van der Waals surface area contributed by atoms with Crippen LogP contribution < -0.4 is 0 Å². The first-order chi connectivity index (χ1) is 13.2. The Kier molecular flexibility index (Phi) is 3.85. The average molecular weight is 386 g/mol. The van der Waals surface area contributed by atoms with Gasteiger partial charge in [-0.05, 0) is 54.3 Å². The summed E-state index contributed by atoms with van der Waals surface area (Å²) in [6.07, 6.45) is -3.27. The molecule has 3 aromatic rings. The Bertz CT molecular complexity index is 1170. The van der Waals surface area contributed by atoms with Crippen molar-refractivity contribution in [1.29, 1.82) is 0 Å². The third kappa shape index (κ3) is 2.85. The molecule has 142 valence electrons. The first kappa shape index (κ1) is 17.9. The molecule has 0 aliphatic heterocycles. The molecule has 2 aromatic carbocycles. The van der Waals surface area contributed by atoms with Crippen molar-refractivity contribution >= 4 is 22.6 Å². The molecule has 1 aliphatic rings. The van der Waals surface area contributed by atoms with E-state index < -0.39 is 23.6 Å². The number of fused-ring (bicyclic) bond motifs is 1. The monoisotopic (exact) mass is 386 g/mol. The Balaban J connectivity index is 2.03. The molecule has 0 amide bonds. The number of benzene rings is 2. The van der Waals surface area contributed by atoms with Crippen LogP contribution >= 0.6 is 0 Å². The molecular weight excluding hydrogens is 373 g/mol. The highest BCUT2D eigenvalue weighted by Gasteiger charge is 2.40. The molecule has 4 rings (SSSR count). The summed E-state index contributed by atoms with van der Waals surface area (Å²) >= 11 is 0. The average Bonchev–Trinajstić information content (AvgIpc) is 3.38. The van der Waals surface area contributed by atoms with Crippen LogP contribution in [0.3, 0.4) is 0 Å². The second-order valence-electron chi connectivity index (χ2n) is 6.70. The molecule has 1 saturated carbocycles. The molecule has 1 heterocycles. The topological polar surface area (TPSA) is 66.8 Å². The van der Waals surface area contributed by atoms with Gasteiger partial charge in [-0.3, -0.25) is 0 Å². The van der Waals surface area contributed by atoms with Gasteiger partial charge in [0.2, 0.25) is 0 Å². The fourth-order valence-corrected chi connectivity index (χ4v) is 3.44. The third-order valence-electron chi connectivity index (χ3n) is 4.81. The van der Waals surface area contributed by atoms with E-state index in [9.17, 15) is 23.1 Å². The number of rotatable bonds is 3. The van der Waals surface area contributed by atoms with Gasteiger partial charge in [-0.1, -0.05) is 6.07 Å². The molecule has 0 unspecified atom stereocenters. The first-order valence-electron chi connectivity index (χ1n) is 8.41. The molecule has 0 atom stereocenters. The lowest BCUT2D eigenvalue weighted by Crippen LogP contribution is -2.12. The molecule has 28 heavy (non-hydrogen) atoms. The quantitative estimate of drug-likeness (QED) is 0.575. The summed E-state index contributed by atoms with van der Waals surface area (Å²) in [6.45, 7) is 7.30. The van der Waals surface area contributed by atoms with Crippen molar-refractivity contribution in [3.63, 3.8) is 0 Å². The molecule has 1 aliphatic carbocycles. The fourth-order valence-electron chi connectivity index (χ4n) is 3.44. The second kappa shape index (κ2) is 6.02. The number of carboxylic acid groups (broad SMARTS) is 1. The summed E-state index contributed by atoms with van der Waals surface area (Å²) in [5.41, 5.74) is 0.0473. The van der Waals surface area contributed by atoms with Crippen molar-refractivity contribution in [3.8, 4) is 16.9 Å². The van der Waals surface area contributed by atoms with E-state index in [0.717, 1.165) is 6.07 Å². The van der Waals surface area contributed by atoms with Crippen LogP contribution in [-0.2, 0) is 6.18 Å². The van der Waals surface area contributed by atoms with Crippen LogP contribution in [0.5, 0.6) is 5.75 Å². The van der Waals surface area contributed by atoms with Gasteiger partial charge in [-0.15, -0.1) is 0 Å². The molecular formula is C20H13F3N2O3. The van der Waals surface area contributed by atoms with E-state index in [1.807, 2.05) is 0 Å². The van der Waals surface area contributed by atoms with Crippen molar-refractivity contribution in [1.82, 2.24) is 4.57 Å². The molecule has 0 bridgehead atoms. The summed E-state index contributed by atoms with van der Waals surface area (Å²) in [6, 6.07) is 7.46. The van der Waals surface area contributed by atoms with Gasteiger partial charge in [0.15, 0.2) is 5.69 Å². The van der Waals surface area contributed by atoms with Crippen LogP contribution in [0.15, 0.2) is 36.4 Å². The largest absolute Gasteiger partial charge is 0.507 e. The number of halogens is 3. The number of aromatic nitrogens is 1. The van der Waals surface area contributed by atoms with Gasteiger partial charge in [0.25, 0.3) is 0 Å². The zero-order chi connectivity index (χ0) is 20.2. The summed E-state index contributed by atoms with van der Waals surface area (Å²) in [5, 5.41) is 19.3. The van der Waals surface area contributed by atoms with E-state index in [1.165, 1.54) is 34.9 Å². The van der Waals surface area contributed by atoms with E-state index in [4.69, 9.17) is 11.7 Å². The second-order valence-corrected chi connectivity index (χ2v) is 6.70. The van der Waals surface area contributed by atoms with Gasteiger partial charge >= 0.3 is 12.1 Å². The Morgan fingerprint density at radius 3 is 2.43 bits per heavy atom. The highest BCUT2D eigenvalue weighted by molar-refractivity contribution is 6.00. The van der Waals surface area contributed by atoms with E-state index in [0.29, 0.717) is 34.9 Å². The number of carbonyl (C=O) groups is 1. The van der Waals surface area contributed by atoms with Crippen molar-refractivity contribution in [3.05, 3.63) is 59.1 Å². The number of phenols is 1. The van der Waals surface area contributed by atoms with Crippen molar-refractivity contribution in [2.75, 3.05) is 0 Å². The van der Waals surface area contributed by atoms with Crippen LogP contribution in [-0.4, -0.2) is 20.7 Å². The predicted octanol–water partition coefficient (Wildman–Crippen LogP) is 5.62. The highest BCUT2D eigenvalue weighted by Crippen LogP contribution is 2.47. The lowest BCUT2D eigenvalue weighted by molar-refractivity contribution is -0.143. The Labute approximate surface area is 157 Å². The molecule has 1 fully saturated rings. The summed E-state index contributed by atoms with van der Waals surface area (Å²) in [7, 11) is 0. The standard InChI is InChI=1S/C20H13F3N2O3/c1-24-11-7-14(10-2-5-13(19(27)28)17(26)6-10)15-9-18(20(21,22)23)25(12-3-4-12)16(15)8-11/h2,5-9,12,26H,3-4H2,(H,27,28). The maximum Gasteiger partial charge on any atom is 0.431 e. The number of hydrogen-bond donors (Lipinski definition) is 2. The molecule has 0 radical (unpaired) electrons. The molecule has 0 saturated heterocycles. The third-order valence-corrected chi connectivity index (χ3v) is 4.81. The number of alkyl halides is 3. The number of aromatic hydroxyl groups is 1. The van der Waals surface area contributed by atoms with E-state index in [1.54, 1.807) is 0 Å². The molecule has 1 aromatic heterocycles. The fraction of sp³-hybridized carbons (Fsp3) is 0.200. The Morgan fingerprint density at radius 1 is 1.18 bits per heavy atom. The van der Waals surface area contributed by atoms with Crippen LogP contribution in [0, 0.1) is 6.57 Å². The van der Waals surface area contributed by atoms with Gasteiger partial charge < -0.3 is 14.8 Å². The molecule has 2 N–H and O–H groups in total. The van der Waals surface area contributed by atoms with Crippen LogP contribution in [0.2, 0.25) is 0 Å². The van der Waals surface area contributed by atoms with Gasteiger partial charge in [0.05, 0.1) is 6.57 Å². The summed E-state index contributed by atoms with van der Waals surface area (Å²) in [5.74, 6) is -1.81. The number of nitrogens with zero attached hydrogens (tertiary/aromatic N) is 2. The van der Waals surface area contributed by atoms with Gasteiger partial charge in [-0.25, -0.2) is 9.64 Å². The Morgan fingerprint density at radius 2 is 1.89 bits per heavy atom. The van der Waals surface area contributed by atoms with Gasteiger partial charge in [0, 0.05) is 16.9 Å². The van der Waals surface area contributed by atoms with Crippen molar-refractivity contribution in [2.45, 2.75) is 25.1 Å². The minimum atomic E-state index is -4.55. The lowest BCUT2D eigenvalue weighted by Gasteiger charge is -2.12. The Hall–Kier alpha value is -3.47. The van der Waals surface area contributed by atoms with E-state index >= 15 is 0 Å². The number of hydrogen-bond acceptors (Lipinski definition) is 2. The normalized spacial score (nSPS) is 14.2. The minimum absolute atomic E-state index is 0.165. The molecule has 8 heteroatoms. The van der Waals surface area contributed by atoms with Crippen LogP contribution in [0.1, 0.15) is 34.9 Å². The summed E-state index contributed by atoms with van der Waals surface area (Å²) < 4.78 is 42.1. The SMILES string of the molecule is [C-]#[N+]c1cc(-c2ccc(C(=O)O)c(O)c2)c2cc(C(F)(F)F)n(C3CC3)c2c1. The maximum atomic E-state index is 13.6. The van der Waals surface area contributed by atoms with Gasteiger partial charge in [0.1, 0.15) is 17.0 Å². The summed E-state index contributed by atoms with van der Waals surface area (Å²) in [4.78, 5) is 14.5. The molecule has 5 nitrogen and oxygen atoms in total. The highest BCUT2D eigenvalue weighted by atomic mass is 19.4. The van der Waals surface area contributed by atoms with Gasteiger partial charge in [-0.2, -0.15) is 13.2 Å². The van der Waals surface area contributed by atoms with Crippen molar-refractivity contribution < 1.29 is 28.2 Å².